The minimum absolute atomic E-state index is 0.528. The smallest absolute Gasteiger partial charge is 0.230 e. The summed E-state index contributed by atoms with van der Waals surface area (Å²) in [5.41, 5.74) is 1.71. The second-order valence-electron chi connectivity index (χ2n) is 6.96. The Hall–Kier alpha value is -2.45. The molecule has 0 N–H and O–H groups in total. The average Bonchev–Trinajstić information content (AvgIpc) is 3.07. The van der Waals surface area contributed by atoms with E-state index in [0.29, 0.717) is 36.5 Å². The number of hydrogen-bond donors (Lipinski definition) is 0. The predicted octanol–water partition coefficient (Wildman–Crippen LogP) is 4.44. The molecule has 1 aliphatic carbocycles. The molecule has 0 bridgehead atoms. The second-order valence-corrected chi connectivity index (χ2v) is 6.96. The predicted molar refractivity (Wildman–Crippen MR) is 106 cm³/mol. The van der Waals surface area contributed by atoms with E-state index >= 15 is 0 Å². The quantitative estimate of drug-likeness (QED) is 0.677. The van der Waals surface area contributed by atoms with Gasteiger partial charge < -0.3 is 13.9 Å². The molecule has 144 valence electrons. The number of aryl methyl sites for hydroxylation is 1. The van der Waals surface area contributed by atoms with E-state index in [1.165, 1.54) is 32.1 Å². The largest absolute Gasteiger partial charge is 0.493 e. The third kappa shape index (κ3) is 4.28. The van der Waals surface area contributed by atoms with Gasteiger partial charge in [0.2, 0.25) is 5.89 Å². The molecule has 2 aromatic rings. The number of nitrogens with zero attached hydrogens (tertiary/aromatic N) is 2. The highest BCUT2D eigenvalue weighted by Crippen LogP contribution is 2.38. The standard InChI is InChI=1S/C22H28N2O3/c1-5-14-24(17-10-7-6-8-11-17)15-19-16(2)27-22(23-19)18-12-9-13-20(25-3)21(18)26-4/h1,9,12-13,17H,6-8,10-11,14-15H2,2-4H3. The van der Waals surface area contributed by atoms with Crippen molar-refractivity contribution in [2.75, 3.05) is 20.8 Å². The van der Waals surface area contributed by atoms with E-state index in [9.17, 15) is 0 Å². The summed E-state index contributed by atoms with van der Waals surface area (Å²) < 4.78 is 16.9. The van der Waals surface area contributed by atoms with Crippen molar-refractivity contribution in [1.29, 1.82) is 0 Å². The summed E-state index contributed by atoms with van der Waals surface area (Å²) in [5, 5.41) is 0. The van der Waals surface area contributed by atoms with Crippen molar-refractivity contribution in [1.82, 2.24) is 9.88 Å². The van der Waals surface area contributed by atoms with Crippen molar-refractivity contribution < 1.29 is 13.9 Å². The molecule has 3 rings (SSSR count). The van der Waals surface area contributed by atoms with Crippen LogP contribution in [0.3, 0.4) is 0 Å². The van der Waals surface area contributed by atoms with Crippen molar-refractivity contribution in [3.63, 3.8) is 0 Å². The van der Waals surface area contributed by atoms with Crippen LogP contribution in [0.2, 0.25) is 0 Å². The fourth-order valence-corrected chi connectivity index (χ4v) is 3.82. The van der Waals surface area contributed by atoms with Crippen molar-refractivity contribution in [3.8, 4) is 35.3 Å². The molecule has 1 aliphatic rings. The van der Waals surface area contributed by atoms with Gasteiger partial charge in [-0.05, 0) is 31.9 Å². The van der Waals surface area contributed by atoms with Crippen LogP contribution in [0.15, 0.2) is 22.6 Å². The lowest BCUT2D eigenvalue weighted by Crippen LogP contribution is -2.36. The first-order chi connectivity index (χ1) is 13.2. The lowest BCUT2D eigenvalue weighted by Gasteiger charge is -2.32. The third-order valence-corrected chi connectivity index (χ3v) is 5.26. The van der Waals surface area contributed by atoms with Gasteiger partial charge in [-0.1, -0.05) is 31.2 Å². The van der Waals surface area contributed by atoms with Gasteiger partial charge in [0.1, 0.15) is 5.76 Å². The molecule has 1 fully saturated rings. The van der Waals surface area contributed by atoms with Crippen molar-refractivity contribution in [2.45, 2.75) is 51.6 Å². The maximum Gasteiger partial charge on any atom is 0.230 e. The molecular formula is C22H28N2O3. The van der Waals surface area contributed by atoms with Crippen LogP contribution < -0.4 is 9.47 Å². The zero-order valence-electron chi connectivity index (χ0n) is 16.5. The number of methoxy groups -OCH3 is 2. The fourth-order valence-electron chi connectivity index (χ4n) is 3.82. The highest BCUT2D eigenvalue weighted by atomic mass is 16.5. The Morgan fingerprint density at radius 3 is 2.67 bits per heavy atom. The number of aromatic nitrogens is 1. The number of terminal acetylenes is 1. The minimum atomic E-state index is 0.528. The van der Waals surface area contributed by atoms with Crippen LogP contribution in [0.5, 0.6) is 11.5 Å². The third-order valence-electron chi connectivity index (χ3n) is 5.26. The number of hydrogen-bond acceptors (Lipinski definition) is 5. The van der Waals surface area contributed by atoms with Gasteiger partial charge in [-0.15, -0.1) is 6.42 Å². The van der Waals surface area contributed by atoms with E-state index < -0.39 is 0 Å². The van der Waals surface area contributed by atoms with Crippen LogP contribution in [0, 0.1) is 19.3 Å². The SMILES string of the molecule is C#CCN(Cc1nc(-c2cccc(OC)c2OC)oc1C)C1CCCCC1. The van der Waals surface area contributed by atoms with Crippen LogP contribution in [0.4, 0.5) is 0 Å². The lowest BCUT2D eigenvalue weighted by atomic mass is 9.94. The van der Waals surface area contributed by atoms with Crippen molar-refractivity contribution in [3.05, 3.63) is 29.7 Å². The van der Waals surface area contributed by atoms with Gasteiger partial charge in [0.25, 0.3) is 0 Å². The molecule has 5 nitrogen and oxygen atoms in total. The molecule has 27 heavy (non-hydrogen) atoms. The molecule has 0 radical (unpaired) electrons. The summed E-state index contributed by atoms with van der Waals surface area (Å²) in [5.74, 6) is 5.45. The van der Waals surface area contributed by atoms with Crippen molar-refractivity contribution in [2.24, 2.45) is 0 Å². The zero-order valence-corrected chi connectivity index (χ0v) is 16.5. The number of para-hydroxylation sites is 1. The maximum absolute atomic E-state index is 5.98. The Morgan fingerprint density at radius 2 is 2.00 bits per heavy atom. The summed E-state index contributed by atoms with van der Waals surface area (Å²) >= 11 is 0. The highest BCUT2D eigenvalue weighted by Gasteiger charge is 2.24. The molecule has 0 unspecified atom stereocenters. The van der Waals surface area contributed by atoms with E-state index in [-0.39, 0.29) is 0 Å². The Labute approximate surface area is 161 Å². The minimum Gasteiger partial charge on any atom is -0.493 e. The Morgan fingerprint density at radius 1 is 1.22 bits per heavy atom. The van der Waals surface area contributed by atoms with Crippen LogP contribution in [0.25, 0.3) is 11.5 Å². The Balaban J connectivity index is 1.87. The van der Waals surface area contributed by atoms with Gasteiger partial charge in [0.15, 0.2) is 11.5 Å². The lowest BCUT2D eigenvalue weighted by molar-refractivity contribution is 0.165. The Bertz CT molecular complexity index is 800. The zero-order chi connectivity index (χ0) is 19.2. The van der Waals surface area contributed by atoms with Gasteiger partial charge in [-0.3, -0.25) is 4.90 Å². The summed E-state index contributed by atoms with van der Waals surface area (Å²) in [6, 6.07) is 6.22. The summed E-state index contributed by atoms with van der Waals surface area (Å²) in [6.45, 7) is 3.29. The van der Waals surface area contributed by atoms with Gasteiger partial charge >= 0.3 is 0 Å². The first-order valence-corrected chi connectivity index (χ1v) is 9.53. The molecule has 0 saturated heterocycles. The molecule has 1 saturated carbocycles. The molecule has 1 aromatic heterocycles. The molecule has 0 amide bonds. The molecular weight excluding hydrogens is 340 g/mol. The topological polar surface area (TPSA) is 47.7 Å². The van der Waals surface area contributed by atoms with E-state index in [4.69, 9.17) is 25.3 Å². The van der Waals surface area contributed by atoms with Crippen LogP contribution >= 0.6 is 0 Å². The molecule has 0 spiro atoms. The second kappa shape index (κ2) is 8.96. The average molecular weight is 368 g/mol. The van der Waals surface area contributed by atoms with Crippen molar-refractivity contribution >= 4 is 0 Å². The van der Waals surface area contributed by atoms with Gasteiger partial charge in [-0.25, -0.2) is 4.98 Å². The molecule has 0 aliphatic heterocycles. The highest BCUT2D eigenvalue weighted by molar-refractivity contribution is 5.68. The molecule has 0 atom stereocenters. The molecule has 1 aromatic carbocycles. The van der Waals surface area contributed by atoms with Crippen LogP contribution in [-0.2, 0) is 6.54 Å². The molecule has 5 heteroatoms. The van der Waals surface area contributed by atoms with Crippen LogP contribution in [0.1, 0.15) is 43.6 Å². The van der Waals surface area contributed by atoms with E-state index in [2.05, 4.69) is 10.8 Å². The van der Waals surface area contributed by atoms with E-state index in [1.807, 2.05) is 25.1 Å². The monoisotopic (exact) mass is 368 g/mol. The first kappa shape index (κ1) is 19.3. The molecule has 1 heterocycles. The normalized spacial score (nSPS) is 14.9. The van der Waals surface area contributed by atoms with Crippen LogP contribution in [-0.4, -0.2) is 36.7 Å². The van der Waals surface area contributed by atoms with E-state index in [1.54, 1.807) is 14.2 Å². The summed E-state index contributed by atoms with van der Waals surface area (Å²) in [7, 11) is 3.24. The van der Waals surface area contributed by atoms with Gasteiger partial charge in [0.05, 0.1) is 32.0 Å². The first-order valence-electron chi connectivity index (χ1n) is 9.53. The number of benzene rings is 1. The fraction of sp³-hybridized carbons (Fsp3) is 0.500. The summed E-state index contributed by atoms with van der Waals surface area (Å²) in [4.78, 5) is 7.13. The summed E-state index contributed by atoms with van der Waals surface area (Å²) in [6.07, 6.45) is 11.9. The number of oxazole rings is 1. The number of ether oxygens (including phenoxy) is 2. The Kier molecular flexibility index (Phi) is 6.41. The maximum atomic E-state index is 5.98. The van der Waals surface area contributed by atoms with E-state index in [0.717, 1.165) is 17.0 Å². The van der Waals surface area contributed by atoms with Gasteiger partial charge in [0, 0.05) is 12.6 Å². The number of rotatable bonds is 7. The van der Waals surface area contributed by atoms with Gasteiger partial charge in [-0.2, -0.15) is 0 Å².